The maximum Gasteiger partial charge on any atom is 0.234 e. The lowest BCUT2D eigenvalue weighted by Crippen LogP contribution is -2.48. The van der Waals surface area contributed by atoms with Crippen LogP contribution >= 0.6 is 11.8 Å². The van der Waals surface area contributed by atoms with Gasteiger partial charge in [-0.3, -0.25) is 4.79 Å². The molecule has 4 saturated carbocycles. The molecule has 6 heteroatoms. The van der Waals surface area contributed by atoms with E-state index in [0.717, 1.165) is 23.4 Å². The number of rotatable bonds is 5. The summed E-state index contributed by atoms with van der Waals surface area (Å²) in [5, 5.41) is 11.2. The van der Waals surface area contributed by atoms with Gasteiger partial charge in [-0.2, -0.15) is 0 Å². The number of anilines is 1. The summed E-state index contributed by atoms with van der Waals surface area (Å²) in [5.74, 6) is 3.16. The monoisotopic (exact) mass is 368 g/mol. The van der Waals surface area contributed by atoms with Crippen molar-refractivity contribution in [1.29, 1.82) is 0 Å². The Morgan fingerprint density at radius 2 is 1.77 bits per heavy atom. The molecule has 1 amide bonds. The molecule has 6 rings (SSSR count). The summed E-state index contributed by atoms with van der Waals surface area (Å²) in [6.07, 6.45) is 10.0. The van der Waals surface area contributed by atoms with E-state index < -0.39 is 0 Å². The molecule has 0 spiro atoms. The highest BCUT2D eigenvalue weighted by molar-refractivity contribution is 7.99. The number of thioether (sulfide) groups is 1. The van der Waals surface area contributed by atoms with Crippen molar-refractivity contribution in [2.45, 2.75) is 49.1 Å². The largest absolute Gasteiger partial charge is 0.325 e. The molecule has 4 aliphatic carbocycles. The number of carbonyl (C=O) groups excluding carboxylic acids is 1. The van der Waals surface area contributed by atoms with Crippen molar-refractivity contribution >= 4 is 23.4 Å². The molecule has 4 aliphatic rings. The molecule has 4 bridgehead atoms. The highest BCUT2D eigenvalue weighted by atomic mass is 32.2. The van der Waals surface area contributed by atoms with Crippen LogP contribution in [0.2, 0.25) is 0 Å². The van der Waals surface area contributed by atoms with Gasteiger partial charge < -0.3 is 10.3 Å². The average Bonchev–Trinajstić information content (AvgIpc) is 3.13. The highest BCUT2D eigenvalue weighted by Crippen LogP contribution is 2.60. The van der Waals surface area contributed by atoms with Crippen molar-refractivity contribution in [1.82, 2.24) is 15.2 Å². The van der Waals surface area contributed by atoms with Gasteiger partial charge in [0.25, 0.3) is 0 Å². The van der Waals surface area contributed by atoms with Crippen molar-refractivity contribution < 1.29 is 4.79 Å². The lowest BCUT2D eigenvalue weighted by molar-refractivity contribution is -0.113. The molecule has 0 atom stereocenters. The number of hydrogen-bond acceptors (Lipinski definition) is 4. The summed E-state index contributed by atoms with van der Waals surface area (Å²) < 4.78 is 0. The fraction of sp³-hybridized carbons (Fsp3) is 0.550. The van der Waals surface area contributed by atoms with Crippen LogP contribution in [-0.2, 0) is 10.2 Å². The summed E-state index contributed by atoms with van der Waals surface area (Å²) in [6, 6.07) is 8.66. The van der Waals surface area contributed by atoms with Crippen LogP contribution in [-0.4, -0.2) is 26.8 Å². The number of carbonyl (C=O) groups is 1. The SMILES string of the molecule is O=C(CSc1nnc[nH]1)Nc1ccc(C23CC4CC(CC(C4)C2)C3)cc1. The predicted octanol–water partition coefficient (Wildman–Crippen LogP) is 4.00. The Hall–Kier alpha value is -1.82. The maximum atomic E-state index is 12.1. The van der Waals surface area contributed by atoms with Crippen LogP contribution in [0.3, 0.4) is 0 Å². The van der Waals surface area contributed by atoms with Gasteiger partial charge in [0.05, 0.1) is 5.75 Å². The van der Waals surface area contributed by atoms with Crippen LogP contribution in [0.1, 0.15) is 44.1 Å². The summed E-state index contributed by atoms with van der Waals surface area (Å²) >= 11 is 1.35. The van der Waals surface area contributed by atoms with Gasteiger partial charge in [0.15, 0.2) is 5.16 Å². The van der Waals surface area contributed by atoms with Crippen LogP contribution in [0.15, 0.2) is 35.7 Å². The summed E-state index contributed by atoms with van der Waals surface area (Å²) in [4.78, 5) is 15.0. The smallest absolute Gasteiger partial charge is 0.234 e. The second kappa shape index (κ2) is 6.41. The van der Waals surface area contributed by atoms with Crippen LogP contribution in [0.5, 0.6) is 0 Å². The molecule has 0 unspecified atom stereocenters. The van der Waals surface area contributed by atoms with Gasteiger partial charge in [-0.05, 0) is 79.4 Å². The lowest BCUT2D eigenvalue weighted by atomic mass is 9.48. The lowest BCUT2D eigenvalue weighted by Gasteiger charge is -2.57. The molecule has 4 fully saturated rings. The molecule has 1 aromatic carbocycles. The zero-order chi connectivity index (χ0) is 17.6. The zero-order valence-corrected chi connectivity index (χ0v) is 15.6. The second-order valence-corrected chi connectivity index (χ2v) is 9.37. The topological polar surface area (TPSA) is 70.7 Å². The molecule has 0 radical (unpaired) electrons. The first-order chi connectivity index (χ1) is 12.7. The van der Waals surface area contributed by atoms with E-state index >= 15 is 0 Å². The Labute approximate surface area is 157 Å². The van der Waals surface area contributed by atoms with Crippen molar-refractivity contribution in [3.8, 4) is 0 Å². The first kappa shape index (κ1) is 16.4. The van der Waals surface area contributed by atoms with E-state index in [4.69, 9.17) is 0 Å². The standard InChI is InChI=1S/C20H24N4OS/c25-18(11-26-19-21-12-22-24-19)23-17-3-1-16(2-4-17)20-8-13-5-14(9-20)7-15(6-13)10-20/h1-4,12-15H,5-11H2,(H,23,25)(H,21,22,24). The number of nitrogens with zero attached hydrogens (tertiary/aromatic N) is 2. The van der Waals surface area contributed by atoms with Gasteiger partial charge in [-0.15, -0.1) is 10.2 Å². The third-order valence-corrected chi connectivity index (χ3v) is 7.43. The molecule has 136 valence electrons. The first-order valence-electron chi connectivity index (χ1n) is 9.58. The van der Waals surface area contributed by atoms with E-state index in [0.29, 0.717) is 16.3 Å². The molecule has 0 aliphatic heterocycles. The van der Waals surface area contributed by atoms with Gasteiger partial charge in [-0.25, -0.2) is 0 Å². The molecule has 1 aromatic heterocycles. The fourth-order valence-electron chi connectivity index (χ4n) is 5.97. The van der Waals surface area contributed by atoms with Gasteiger partial charge >= 0.3 is 0 Å². The molecule has 2 N–H and O–H groups in total. The Kier molecular flexibility index (Phi) is 4.03. The van der Waals surface area contributed by atoms with Crippen molar-refractivity contribution in [3.63, 3.8) is 0 Å². The molecule has 5 nitrogen and oxygen atoms in total. The Morgan fingerprint density at radius 1 is 1.12 bits per heavy atom. The van der Waals surface area contributed by atoms with E-state index in [1.807, 2.05) is 0 Å². The first-order valence-corrected chi connectivity index (χ1v) is 10.6. The fourth-order valence-corrected chi connectivity index (χ4v) is 6.55. The Bertz CT molecular complexity index is 751. The van der Waals surface area contributed by atoms with E-state index in [1.54, 1.807) is 0 Å². The van der Waals surface area contributed by atoms with E-state index in [9.17, 15) is 4.79 Å². The third-order valence-electron chi connectivity index (χ3n) is 6.55. The Balaban J connectivity index is 1.24. The number of H-pyrrole nitrogens is 1. The minimum atomic E-state index is -0.0195. The summed E-state index contributed by atoms with van der Waals surface area (Å²) in [5.41, 5.74) is 2.78. The Morgan fingerprint density at radius 3 is 2.35 bits per heavy atom. The number of amides is 1. The predicted molar refractivity (Wildman–Crippen MR) is 102 cm³/mol. The highest BCUT2D eigenvalue weighted by Gasteiger charge is 2.51. The van der Waals surface area contributed by atoms with Crippen LogP contribution in [0.4, 0.5) is 5.69 Å². The molecule has 2 aromatic rings. The van der Waals surface area contributed by atoms with Crippen LogP contribution in [0, 0.1) is 17.8 Å². The van der Waals surface area contributed by atoms with Crippen molar-refractivity contribution in [3.05, 3.63) is 36.2 Å². The normalized spacial score (nSPS) is 31.9. The molecule has 26 heavy (non-hydrogen) atoms. The minimum Gasteiger partial charge on any atom is -0.325 e. The van der Waals surface area contributed by atoms with Gasteiger partial charge in [0.2, 0.25) is 5.91 Å². The van der Waals surface area contributed by atoms with Gasteiger partial charge in [-0.1, -0.05) is 23.9 Å². The summed E-state index contributed by atoms with van der Waals surface area (Å²) in [7, 11) is 0. The molecular weight excluding hydrogens is 344 g/mol. The molecular formula is C20H24N4OS. The minimum absolute atomic E-state index is 0.0195. The quantitative estimate of drug-likeness (QED) is 0.783. The third kappa shape index (κ3) is 3.04. The van der Waals surface area contributed by atoms with E-state index in [-0.39, 0.29) is 5.91 Å². The van der Waals surface area contributed by atoms with Gasteiger partial charge in [0.1, 0.15) is 6.33 Å². The van der Waals surface area contributed by atoms with Crippen LogP contribution < -0.4 is 5.32 Å². The number of benzene rings is 1. The average molecular weight is 369 g/mol. The van der Waals surface area contributed by atoms with E-state index in [2.05, 4.69) is 44.8 Å². The second-order valence-electron chi connectivity index (χ2n) is 8.41. The van der Waals surface area contributed by atoms with Crippen molar-refractivity contribution in [2.75, 3.05) is 11.1 Å². The number of nitrogens with one attached hydrogen (secondary N) is 2. The number of aromatic amines is 1. The molecule has 1 heterocycles. The zero-order valence-electron chi connectivity index (χ0n) is 14.8. The number of aromatic nitrogens is 3. The van der Waals surface area contributed by atoms with Crippen molar-refractivity contribution in [2.24, 2.45) is 17.8 Å². The molecule has 0 saturated heterocycles. The van der Waals surface area contributed by atoms with Crippen LogP contribution in [0.25, 0.3) is 0 Å². The van der Waals surface area contributed by atoms with Gasteiger partial charge in [0, 0.05) is 5.69 Å². The van der Waals surface area contributed by atoms with E-state index in [1.165, 1.54) is 62.2 Å². The maximum absolute atomic E-state index is 12.1. The number of hydrogen-bond donors (Lipinski definition) is 2. The summed E-state index contributed by atoms with van der Waals surface area (Å²) in [6.45, 7) is 0.